The summed E-state index contributed by atoms with van der Waals surface area (Å²) >= 11 is 6.22. The maximum absolute atomic E-state index is 13.9. The monoisotopic (exact) mass is 592 g/mol. The average Bonchev–Trinajstić information content (AvgIpc) is 2.94. The summed E-state index contributed by atoms with van der Waals surface area (Å²) < 4.78 is 55.8. The SMILES string of the molecule is COc1ccc(S(=O)(=O)N(CC(=O)NCc2ccc(OC(C)C)c(OC)c2)c2cc(Cl)ccc2OC)cc1OC. The topological polar surface area (TPSA) is 113 Å². The van der Waals surface area contributed by atoms with Gasteiger partial charge in [-0.25, -0.2) is 8.42 Å². The van der Waals surface area contributed by atoms with Crippen molar-refractivity contribution in [3.63, 3.8) is 0 Å². The van der Waals surface area contributed by atoms with Crippen molar-refractivity contribution in [1.82, 2.24) is 5.32 Å². The highest BCUT2D eigenvalue weighted by Crippen LogP contribution is 2.37. The van der Waals surface area contributed by atoms with Crippen LogP contribution in [0.25, 0.3) is 0 Å². The third kappa shape index (κ3) is 7.22. The van der Waals surface area contributed by atoms with Crippen molar-refractivity contribution in [2.75, 3.05) is 39.3 Å². The number of nitrogens with one attached hydrogen (secondary N) is 1. The maximum Gasteiger partial charge on any atom is 0.265 e. The molecule has 0 aromatic heterocycles. The Bertz CT molecular complexity index is 1450. The molecule has 12 heteroatoms. The summed E-state index contributed by atoms with van der Waals surface area (Å²) in [4.78, 5) is 13.0. The van der Waals surface area contributed by atoms with Crippen LogP contribution in [-0.4, -0.2) is 55.4 Å². The first-order chi connectivity index (χ1) is 19.0. The minimum absolute atomic E-state index is 0.0402. The third-order valence-electron chi connectivity index (χ3n) is 5.72. The molecule has 0 spiro atoms. The minimum Gasteiger partial charge on any atom is -0.495 e. The number of halogens is 1. The molecule has 216 valence electrons. The average molecular weight is 593 g/mol. The van der Waals surface area contributed by atoms with Gasteiger partial charge in [0, 0.05) is 17.6 Å². The Kier molecular flexibility index (Phi) is 10.4. The maximum atomic E-state index is 13.9. The molecule has 0 aliphatic rings. The Morgan fingerprint density at radius 1 is 0.825 bits per heavy atom. The van der Waals surface area contributed by atoms with Crippen LogP contribution < -0.4 is 33.3 Å². The van der Waals surface area contributed by atoms with Gasteiger partial charge in [-0.3, -0.25) is 9.10 Å². The lowest BCUT2D eigenvalue weighted by Crippen LogP contribution is -2.41. The predicted molar refractivity (Wildman–Crippen MR) is 153 cm³/mol. The van der Waals surface area contributed by atoms with Gasteiger partial charge in [-0.2, -0.15) is 0 Å². The highest BCUT2D eigenvalue weighted by molar-refractivity contribution is 7.92. The Balaban J connectivity index is 1.93. The number of rotatable bonds is 13. The molecule has 40 heavy (non-hydrogen) atoms. The van der Waals surface area contributed by atoms with Gasteiger partial charge in [-0.05, 0) is 61.9 Å². The van der Waals surface area contributed by atoms with Crippen molar-refractivity contribution in [2.45, 2.75) is 31.4 Å². The Labute approximate surface area is 239 Å². The number of hydrogen-bond acceptors (Lipinski definition) is 8. The first-order valence-corrected chi connectivity index (χ1v) is 14.0. The van der Waals surface area contributed by atoms with Gasteiger partial charge in [0.05, 0.1) is 45.1 Å². The summed E-state index contributed by atoms with van der Waals surface area (Å²) in [5.74, 6) is 1.31. The van der Waals surface area contributed by atoms with Crippen molar-refractivity contribution in [3.05, 3.63) is 65.2 Å². The van der Waals surface area contributed by atoms with Gasteiger partial charge in [0.1, 0.15) is 12.3 Å². The van der Waals surface area contributed by atoms with E-state index < -0.39 is 22.5 Å². The Morgan fingerprint density at radius 3 is 2.05 bits per heavy atom. The molecule has 0 saturated heterocycles. The van der Waals surface area contributed by atoms with Gasteiger partial charge in [0.15, 0.2) is 23.0 Å². The molecular formula is C28H33ClN2O8S. The molecule has 0 saturated carbocycles. The van der Waals surface area contributed by atoms with E-state index >= 15 is 0 Å². The molecule has 3 rings (SSSR count). The molecule has 0 fully saturated rings. The van der Waals surface area contributed by atoms with Gasteiger partial charge < -0.3 is 29.0 Å². The summed E-state index contributed by atoms with van der Waals surface area (Å²) in [6, 6.07) is 14.0. The number of nitrogens with zero attached hydrogens (tertiary/aromatic N) is 1. The van der Waals surface area contributed by atoms with Crippen LogP contribution in [0.1, 0.15) is 19.4 Å². The summed E-state index contributed by atoms with van der Waals surface area (Å²) in [5, 5.41) is 3.03. The zero-order chi connectivity index (χ0) is 29.4. The molecule has 0 heterocycles. The molecule has 10 nitrogen and oxygen atoms in total. The fourth-order valence-corrected chi connectivity index (χ4v) is 5.43. The fraction of sp³-hybridized carbons (Fsp3) is 0.321. The van der Waals surface area contributed by atoms with Gasteiger partial charge in [-0.15, -0.1) is 0 Å². The highest BCUT2D eigenvalue weighted by Gasteiger charge is 2.30. The van der Waals surface area contributed by atoms with Gasteiger partial charge in [-0.1, -0.05) is 17.7 Å². The van der Waals surface area contributed by atoms with E-state index in [1.54, 1.807) is 24.3 Å². The first-order valence-electron chi connectivity index (χ1n) is 12.2. The first kappa shape index (κ1) is 30.7. The van der Waals surface area contributed by atoms with Crippen LogP contribution in [-0.2, 0) is 21.4 Å². The molecular weight excluding hydrogens is 560 g/mol. The molecule has 0 atom stereocenters. The molecule has 1 N–H and O–H groups in total. The molecule has 0 unspecified atom stereocenters. The fourth-order valence-electron chi connectivity index (χ4n) is 3.82. The van der Waals surface area contributed by atoms with E-state index in [9.17, 15) is 13.2 Å². The van der Waals surface area contributed by atoms with Crippen LogP contribution in [0.5, 0.6) is 28.7 Å². The second-order valence-corrected chi connectivity index (χ2v) is 11.1. The minimum atomic E-state index is -4.31. The smallest absolute Gasteiger partial charge is 0.265 e. The van der Waals surface area contributed by atoms with Crippen molar-refractivity contribution < 1.29 is 36.9 Å². The number of carbonyl (C=O) groups is 1. The zero-order valence-corrected chi connectivity index (χ0v) is 24.8. The normalized spacial score (nSPS) is 11.1. The van der Waals surface area contributed by atoms with Crippen LogP contribution in [0, 0.1) is 0 Å². The van der Waals surface area contributed by atoms with E-state index in [4.69, 9.17) is 35.3 Å². The van der Waals surface area contributed by atoms with Gasteiger partial charge in [0.2, 0.25) is 5.91 Å². The number of anilines is 1. The second kappa shape index (κ2) is 13.5. The molecule has 0 aliphatic carbocycles. The second-order valence-electron chi connectivity index (χ2n) is 8.77. The van der Waals surface area contributed by atoms with Crippen molar-refractivity contribution >= 4 is 33.2 Å². The molecule has 0 radical (unpaired) electrons. The third-order valence-corrected chi connectivity index (χ3v) is 7.71. The van der Waals surface area contributed by atoms with Crippen LogP contribution >= 0.6 is 11.6 Å². The lowest BCUT2D eigenvalue weighted by atomic mass is 10.2. The van der Waals surface area contributed by atoms with E-state index in [1.807, 2.05) is 13.8 Å². The van der Waals surface area contributed by atoms with Crippen molar-refractivity contribution in [2.24, 2.45) is 0 Å². The molecule has 1 amide bonds. The van der Waals surface area contributed by atoms with E-state index in [-0.39, 0.29) is 39.8 Å². The largest absolute Gasteiger partial charge is 0.495 e. The number of amides is 1. The molecule has 0 bridgehead atoms. The van der Waals surface area contributed by atoms with E-state index in [0.717, 1.165) is 9.87 Å². The Morgan fingerprint density at radius 2 is 1.43 bits per heavy atom. The van der Waals surface area contributed by atoms with Crippen molar-refractivity contribution in [3.8, 4) is 28.7 Å². The van der Waals surface area contributed by atoms with Crippen LogP contribution in [0.4, 0.5) is 5.69 Å². The van der Waals surface area contributed by atoms with E-state index in [2.05, 4.69) is 5.32 Å². The lowest BCUT2D eigenvalue weighted by Gasteiger charge is -2.26. The summed E-state index contributed by atoms with van der Waals surface area (Å²) in [7, 11) is 1.46. The standard InChI is InChI=1S/C28H33ClN2O8S/c1-18(2)39-25-10-7-19(13-26(25)37-5)16-30-28(32)17-31(22-14-20(29)8-11-23(22)35-3)40(33,34)21-9-12-24(36-4)27(15-21)38-6/h7-15,18H,16-17H2,1-6H3,(H,30,32). The summed E-state index contributed by atoms with van der Waals surface area (Å²) in [5.41, 5.74) is 0.827. The number of ether oxygens (including phenoxy) is 5. The summed E-state index contributed by atoms with van der Waals surface area (Å²) in [6.07, 6.45) is -0.0402. The highest BCUT2D eigenvalue weighted by atomic mass is 35.5. The number of methoxy groups -OCH3 is 4. The molecule has 3 aromatic rings. The molecule has 0 aliphatic heterocycles. The van der Waals surface area contributed by atoms with Crippen LogP contribution in [0.2, 0.25) is 5.02 Å². The van der Waals surface area contributed by atoms with E-state index in [1.165, 1.54) is 58.8 Å². The lowest BCUT2D eigenvalue weighted by molar-refractivity contribution is -0.119. The van der Waals surface area contributed by atoms with Crippen LogP contribution in [0.3, 0.4) is 0 Å². The van der Waals surface area contributed by atoms with Crippen LogP contribution in [0.15, 0.2) is 59.5 Å². The molecule has 3 aromatic carbocycles. The predicted octanol–water partition coefficient (Wildman–Crippen LogP) is 4.67. The van der Waals surface area contributed by atoms with Gasteiger partial charge >= 0.3 is 0 Å². The number of carbonyl (C=O) groups excluding carboxylic acids is 1. The Hall–Kier alpha value is -3.83. The quantitative estimate of drug-likeness (QED) is 0.305. The number of benzene rings is 3. The number of hydrogen-bond donors (Lipinski definition) is 1. The summed E-state index contributed by atoms with van der Waals surface area (Å²) in [6.45, 7) is 3.38. The van der Waals surface area contributed by atoms with E-state index in [0.29, 0.717) is 17.2 Å². The van der Waals surface area contributed by atoms with Crippen molar-refractivity contribution in [1.29, 1.82) is 0 Å². The zero-order valence-electron chi connectivity index (χ0n) is 23.2. The number of sulfonamides is 1. The van der Waals surface area contributed by atoms with Gasteiger partial charge in [0.25, 0.3) is 10.0 Å².